The third-order valence-corrected chi connectivity index (χ3v) is 5.77. The Balaban J connectivity index is 1.76. The van der Waals surface area contributed by atoms with Crippen molar-refractivity contribution < 1.29 is 19.0 Å². The number of para-hydroxylation sites is 1. The van der Waals surface area contributed by atoms with Crippen molar-refractivity contribution >= 4 is 41.2 Å². The molecule has 0 aliphatic rings. The molecule has 1 aromatic heterocycles. The fourth-order valence-electron chi connectivity index (χ4n) is 3.86. The first-order valence-electron chi connectivity index (χ1n) is 11.8. The van der Waals surface area contributed by atoms with E-state index in [1.165, 1.54) is 0 Å². The van der Waals surface area contributed by atoms with Crippen LogP contribution in [0.4, 0.5) is 23.1 Å². The first-order valence-corrected chi connectivity index (χ1v) is 11.8. The summed E-state index contributed by atoms with van der Waals surface area (Å²) in [6, 6.07) is 18.8. The molecule has 4 rings (SSSR count). The summed E-state index contributed by atoms with van der Waals surface area (Å²) >= 11 is 0. The van der Waals surface area contributed by atoms with E-state index in [0.29, 0.717) is 51.5 Å². The van der Waals surface area contributed by atoms with Crippen LogP contribution in [0.5, 0.6) is 17.2 Å². The zero-order chi connectivity index (χ0) is 27.1. The van der Waals surface area contributed by atoms with Gasteiger partial charge in [0.25, 0.3) is 5.91 Å². The standard InChI is InChI=1S/C29H29N5O4/c1-18-9-8-12-22(27(30)35)25(18)33-28-20(14-13-19-10-6-5-7-11-19)17-31-29(34-28)32-21-15-23(36-2)26(38-4)24(16-21)37-3/h5-17H,1-4H3,(H2,30,35)(H2,31,32,33,34). The molecule has 0 aliphatic carbocycles. The van der Waals surface area contributed by atoms with Gasteiger partial charge in [0.05, 0.1) is 32.6 Å². The van der Waals surface area contributed by atoms with Gasteiger partial charge in [-0.3, -0.25) is 4.79 Å². The fraction of sp³-hybridized carbons (Fsp3) is 0.138. The number of hydrogen-bond donors (Lipinski definition) is 3. The summed E-state index contributed by atoms with van der Waals surface area (Å²) < 4.78 is 16.3. The Morgan fingerprint density at radius 1 is 0.895 bits per heavy atom. The van der Waals surface area contributed by atoms with Crippen molar-refractivity contribution in [3.8, 4) is 17.2 Å². The number of carbonyl (C=O) groups excluding carboxylic acids is 1. The van der Waals surface area contributed by atoms with Crippen molar-refractivity contribution in [3.05, 3.63) is 89.1 Å². The molecule has 4 aromatic rings. The van der Waals surface area contributed by atoms with Gasteiger partial charge in [0.1, 0.15) is 5.82 Å². The van der Waals surface area contributed by atoms with Crippen molar-refractivity contribution in [2.45, 2.75) is 6.92 Å². The second kappa shape index (κ2) is 11.8. The number of methoxy groups -OCH3 is 3. The van der Waals surface area contributed by atoms with E-state index >= 15 is 0 Å². The van der Waals surface area contributed by atoms with Gasteiger partial charge < -0.3 is 30.6 Å². The monoisotopic (exact) mass is 511 g/mol. The molecule has 9 nitrogen and oxygen atoms in total. The molecular formula is C29H29N5O4. The molecule has 1 amide bonds. The highest BCUT2D eigenvalue weighted by molar-refractivity contribution is 6.00. The minimum atomic E-state index is -0.539. The van der Waals surface area contributed by atoms with E-state index < -0.39 is 5.91 Å². The first kappa shape index (κ1) is 26.0. The van der Waals surface area contributed by atoms with Crippen LogP contribution in [0.15, 0.2) is 66.9 Å². The van der Waals surface area contributed by atoms with E-state index in [1.807, 2.05) is 55.5 Å². The highest BCUT2D eigenvalue weighted by Crippen LogP contribution is 2.40. The number of nitrogens with two attached hydrogens (primary N) is 1. The second-order valence-corrected chi connectivity index (χ2v) is 8.27. The van der Waals surface area contributed by atoms with E-state index in [0.717, 1.165) is 11.1 Å². The van der Waals surface area contributed by atoms with E-state index in [9.17, 15) is 4.79 Å². The Morgan fingerprint density at radius 2 is 1.61 bits per heavy atom. The van der Waals surface area contributed by atoms with Crippen LogP contribution in [0.25, 0.3) is 12.2 Å². The minimum absolute atomic E-state index is 0.313. The largest absolute Gasteiger partial charge is 0.493 e. The van der Waals surface area contributed by atoms with Crippen LogP contribution in [0, 0.1) is 6.92 Å². The van der Waals surface area contributed by atoms with E-state index in [1.54, 1.807) is 51.8 Å². The van der Waals surface area contributed by atoms with Gasteiger partial charge in [0.2, 0.25) is 11.7 Å². The number of aryl methyl sites for hydroxylation is 1. The van der Waals surface area contributed by atoms with Crippen molar-refractivity contribution in [1.82, 2.24) is 9.97 Å². The predicted octanol–water partition coefficient (Wildman–Crippen LogP) is 5.57. The Hall–Kier alpha value is -5.05. The third kappa shape index (κ3) is 5.84. The molecule has 0 spiro atoms. The average molecular weight is 512 g/mol. The Kier molecular flexibility index (Phi) is 8.07. The van der Waals surface area contributed by atoms with Gasteiger partial charge in [-0.05, 0) is 30.2 Å². The number of ether oxygens (including phenoxy) is 3. The van der Waals surface area contributed by atoms with Crippen molar-refractivity contribution in [2.75, 3.05) is 32.0 Å². The fourth-order valence-corrected chi connectivity index (χ4v) is 3.86. The van der Waals surface area contributed by atoms with Gasteiger partial charge >= 0.3 is 0 Å². The van der Waals surface area contributed by atoms with Crippen molar-refractivity contribution in [2.24, 2.45) is 5.73 Å². The minimum Gasteiger partial charge on any atom is -0.493 e. The molecule has 0 radical (unpaired) electrons. The van der Waals surface area contributed by atoms with Gasteiger partial charge in [0.15, 0.2) is 11.5 Å². The van der Waals surface area contributed by atoms with Gasteiger partial charge in [-0.1, -0.05) is 48.5 Å². The topological polar surface area (TPSA) is 121 Å². The molecule has 0 unspecified atom stereocenters. The number of primary amides is 1. The molecule has 0 bridgehead atoms. The summed E-state index contributed by atoms with van der Waals surface area (Å²) in [6.45, 7) is 1.89. The lowest BCUT2D eigenvalue weighted by molar-refractivity contribution is 0.100. The molecule has 0 saturated heterocycles. The first-order chi connectivity index (χ1) is 18.4. The molecule has 0 atom stereocenters. The number of aromatic nitrogens is 2. The molecular weight excluding hydrogens is 482 g/mol. The molecule has 0 saturated carbocycles. The lowest BCUT2D eigenvalue weighted by Gasteiger charge is -2.16. The van der Waals surface area contributed by atoms with Crippen LogP contribution in [0.3, 0.4) is 0 Å². The van der Waals surface area contributed by atoms with Crippen LogP contribution in [-0.2, 0) is 0 Å². The van der Waals surface area contributed by atoms with Crippen LogP contribution in [0.1, 0.15) is 27.0 Å². The number of benzene rings is 3. The number of amides is 1. The SMILES string of the molecule is COc1cc(Nc2ncc(C=Cc3ccccc3)c(Nc3c(C)cccc3C(N)=O)n2)cc(OC)c1OC. The maximum Gasteiger partial charge on any atom is 0.250 e. The van der Waals surface area contributed by atoms with Crippen molar-refractivity contribution in [3.63, 3.8) is 0 Å². The lowest BCUT2D eigenvalue weighted by atomic mass is 10.1. The number of rotatable bonds is 10. The molecule has 4 N–H and O–H groups in total. The molecule has 38 heavy (non-hydrogen) atoms. The molecule has 0 aliphatic heterocycles. The number of nitrogens with zero attached hydrogens (tertiary/aromatic N) is 2. The van der Waals surface area contributed by atoms with E-state index in [4.69, 9.17) is 24.9 Å². The highest BCUT2D eigenvalue weighted by atomic mass is 16.5. The molecule has 1 heterocycles. The quantitative estimate of drug-likeness (QED) is 0.253. The van der Waals surface area contributed by atoms with E-state index in [2.05, 4.69) is 15.6 Å². The summed E-state index contributed by atoms with van der Waals surface area (Å²) in [5.74, 6) is 1.71. The summed E-state index contributed by atoms with van der Waals surface area (Å²) in [5, 5.41) is 6.49. The maximum atomic E-state index is 12.1. The average Bonchev–Trinajstić information content (AvgIpc) is 2.93. The normalized spacial score (nSPS) is 10.7. The Morgan fingerprint density at radius 3 is 2.24 bits per heavy atom. The number of anilines is 4. The van der Waals surface area contributed by atoms with Crippen LogP contribution in [0.2, 0.25) is 0 Å². The third-order valence-electron chi connectivity index (χ3n) is 5.77. The number of hydrogen-bond acceptors (Lipinski definition) is 8. The van der Waals surface area contributed by atoms with Gasteiger partial charge in [-0.2, -0.15) is 4.98 Å². The maximum absolute atomic E-state index is 12.1. The molecule has 0 fully saturated rings. The van der Waals surface area contributed by atoms with Gasteiger partial charge in [-0.15, -0.1) is 0 Å². The summed E-state index contributed by atoms with van der Waals surface area (Å²) in [5.41, 5.74) is 9.79. The Bertz CT molecular complexity index is 1450. The van der Waals surface area contributed by atoms with Gasteiger partial charge in [0, 0.05) is 29.6 Å². The van der Waals surface area contributed by atoms with E-state index in [-0.39, 0.29) is 0 Å². The predicted molar refractivity (Wildman–Crippen MR) is 150 cm³/mol. The molecule has 9 heteroatoms. The molecule has 3 aromatic carbocycles. The summed E-state index contributed by atoms with van der Waals surface area (Å²) in [6.07, 6.45) is 5.56. The van der Waals surface area contributed by atoms with Crippen molar-refractivity contribution in [1.29, 1.82) is 0 Å². The van der Waals surface area contributed by atoms with Gasteiger partial charge in [-0.25, -0.2) is 4.98 Å². The summed E-state index contributed by atoms with van der Waals surface area (Å²) in [4.78, 5) is 21.4. The Labute approximate surface area is 221 Å². The zero-order valence-corrected chi connectivity index (χ0v) is 21.6. The second-order valence-electron chi connectivity index (χ2n) is 8.27. The van der Waals surface area contributed by atoms with Crippen LogP contribution >= 0.6 is 0 Å². The summed E-state index contributed by atoms with van der Waals surface area (Å²) in [7, 11) is 4.64. The zero-order valence-electron chi connectivity index (χ0n) is 21.6. The number of nitrogens with one attached hydrogen (secondary N) is 2. The lowest BCUT2D eigenvalue weighted by Crippen LogP contribution is -2.14. The number of carbonyl (C=O) groups is 1. The highest BCUT2D eigenvalue weighted by Gasteiger charge is 2.16. The smallest absolute Gasteiger partial charge is 0.250 e. The molecule has 194 valence electrons. The van der Waals surface area contributed by atoms with Crippen LogP contribution in [-0.4, -0.2) is 37.2 Å². The van der Waals surface area contributed by atoms with Crippen LogP contribution < -0.4 is 30.6 Å².